The molecule has 0 unspecified atom stereocenters. The molecular formula is C12H8FN5O2S. The van der Waals surface area contributed by atoms with Crippen LogP contribution in [0.2, 0.25) is 0 Å². The van der Waals surface area contributed by atoms with E-state index in [1.165, 1.54) is 12.1 Å². The Kier molecular flexibility index (Phi) is 4.63. The highest BCUT2D eigenvalue weighted by Crippen LogP contribution is 2.26. The van der Waals surface area contributed by atoms with Gasteiger partial charge in [0.1, 0.15) is 17.4 Å². The van der Waals surface area contributed by atoms with Gasteiger partial charge in [-0.1, -0.05) is 12.1 Å². The van der Waals surface area contributed by atoms with E-state index in [2.05, 4.69) is 15.3 Å². The lowest BCUT2D eigenvalue weighted by molar-refractivity contribution is -0.388. The summed E-state index contributed by atoms with van der Waals surface area (Å²) in [6.07, 6.45) is 1.04. The highest BCUT2D eigenvalue weighted by molar-refractivity contribution is 8.03. The van der Waals surface area contributed by atoms with Gasteiger partial charge in [0, 0.05) is 18.3 Å². The van der Waals surface area contributed by atoms with Crippen molar-refractivity contribution < 1.29 is 9.31 Å². The summed E-state index contributed by atoms with van der Waals surface area (Å²) in [5.74, 6) is -0.180. The first-order valence-electron chi connectivity index (χ1n) is 5.66. The molecule has 0 fully saturated rings. The maximum absolute atomic E-state index is 12.8. The predicted octanol–water partition coefficient (Wildman–Crippen LogP) is 2.71. The first-order valence-corrected chi connectivity index (χ1v) is 6.47. The monoisotopic (exact) mass is 305 g/mol. The maximum atomic E-state index is 12.8. The lowest BCUT2D eigenvalue weighted by Crippen LogP contribution is -2.05. The van der Waals surface area contributed by atoms with Crippen LogP contribution in [0.1, 0.15) is 5.56 Å². The quantitative estimate of drug-likeness (QED) is 0.297. The normalized spacial score (nSPS) is 9.90. The molecule has 0 aliphatic rings. The van der Waals surface area contributed by atoms with Gasteiger partial charge in [-0.15, -0.1) is 0 Å². The van der Waals surface area contributed by atoms with Crippen LogP contribution < -0.4 is 5.32 Å². The Hall–Kier alpha value is -2.73. The van der Waals surface area contributed by atoms with Crippen LogP contribution in [0.4, 0.5) is 16.0 Å². The third-order valence-corrected chi connectivity index (χ3v) is 3.02. The predicted molar refractivity (Wildman–Crippen MR) is 73.9 cm³/mol. The van der Waals surface area contributed by atoms with Gasteiger partial charge in [0.15, 0.2) is 5.03 Å². The van der Waals surface area contributed by atoms with E-state index in [4.69, 9.17) is 5.26 Å². The highest BCUT2D eigenvalue weighted by atomic mass is 32.2. The molecule has 21 heavy (non-hydrogen) atoms. The number of nitro groups is 1. The molecule has 0 saturated carbocycles. The second kappa shape index (κ2) is 6.62. The number of thiocyanates is 1. The zero-order chi connectivity index (χ0) is 15.2. The summed E-state index contributed by atoms with van der Waals surface area (Å²) in [5.41, 5.74) is 0.474. The summed E-state index contributed by atoms with van der Waals surface area (Å²) >= 11 is 0.591. The van der Waals surface area contributed by atoms with Crippen molar-refractivity contribution >= 4 is 23.4 Å². The molecule has 0 aliphatic carbocycles. The number of thioether (sulfide) groups is 1. The Morgan fingerprint density at radius 3 is 2.76 bits per heavy atom. The van der Waals surface area contributed by atoms with Gasteiger partial charge < -0.3 is 5.32 Å². The molecule has 7 nitrogen and oxygen atoms in total. The van der Waals surface area contributed by atoms with E-state index in [1.807, 2.05) is 0 Å². The molecule has 1 heterocycles. The summed E-state index contributed by atoms with van der Waals surface area (Å²) in [5, 5.41) is 24.0. The largest absolute Gasteiger partial charge is 0.350 e. The molecule has 0 atom stereocenters. The zero-order valence-corrected chi connectivity index (χ0v) is 11.3. The first kappa shape index (κ1) is 14.7. The number of nitriles is 1. The van der Waals surface area contributed by atoms with E-state index in [9.17, 15) is 14.5 Å². The average molecular weight is 305 g/mol. The minimum absolute atomic E-state index is 0.0286. The van der Waals surface area contributed by atoms with Crippen LogP contribution >= 0.6 is 11.8 Å². The van der Waals surface area contributed by atoms with E-state index in [0.717, 1.165) is 11.8 Å². The lowest BCUT2D eigenvalue weighted by atomic mass is 10.2. The second-order valence-electron chi connectivity index (χ2n) is 3.81. The highest BCUT2D eigenvalue weighted by Gasteiger charge is 2.17. The first-order chi connectivity index (χ1) is 10.1. The van der Waals surface area contributed by atoms with Crippen LogP contribution in [-0.4, -0.2) is 14.9 Å². The molecule has 0 saturated heterocycles. The Morgan fingerprint density at radius 1 is 1.43 bits per heavy atom. The number of hydrogen-bond acceptors (Lipinski definition) is 7. The third kappa shape index (κ3) is 3.87. The van der Waals surface area contributed by atoms with Gasteiger partial charge >= 0.3 is 5.69 Å². The lowest BCUT2D eigenvalue weighted by Gasteiger charge is -2.05. The zero-order valence-electron chi connectivity index (χ0n) is 10.5. The van der Waals surface area contributed by atoms with E-state index in [-0.39, 0.29) is 22.5 Å². The smallest absolute Gasteiger partial charge is 0.320 e. The molecule has 1 aromatic heterocycles. The topological polar surface area (TPSA) is 105 Å². The van der Waals surface area contributed by atoms with E-state index < -0.39 is 4.92 Å². The summed E-state index contributed by atoms with van der Waals surface area (Å²) in [6.45, 7) is 0.328. The van der Waals surface area contributed by atoms with E-state index >= 15 is 0 Å². The van der Waals surface area contributed by atoms with Gasteiger partial charge in [-0.25, -0.2) is 9.37 Å². The van der Waals surface area contributed by atoms with Crippen LogP contribution in [-0.2, 0) is 6.54 Å². The number of rotatable bonds is 5. The Morgan fingerprint density at radius 2 is 2.14 bits per heavy atom. The maximum Gasteiger partial charge on any atom is 0.320 e. The molecule has 9 heteroatoms. The molecular weight excluding hydrogens is 297 g/mol. The van der Waals surface area contributed by atoms with Crippen LogP contribution in [0.15, 0.2) is 35.5 Å². The van der Waals surface area contributed by atoms with E-state index in [0.29, 0.717) is 18.3 Å². The van der Waals surface area contributed by atoms with E-state index in [1.54, 1.807) is 17.5 Å². The third-order valence-electron chi connectivity index (χ3n) is 2.44. The molecule has 0 aliphatic heterocycles. The van der Waals surface area contributed by atoms with Gasteiger partial charge in [-0.05, 0) is 17.7 Å². The fourth-order valence-corrected chi connectivity index (χ4v) is 1.92. The van der Waals surface area contributed by atoms with Crippen molar-refractivity contribution in [1.29, 1.82) is 5.26 Å². The molecule has 2 aromatic rings. The molecule has 0 amide bonds. The summed E-state index contributed by atoms with van der Waals surface area (Å²) in [4.78, 5) is 17.9. The van der Waals surface area contributed by atoms with Crippen molar-refractivity contribution in [3.05, 3.63) is 52.0 Å². The van der Waals surface area contributed by atoms with Crippen molar-refractivity contribution in [3.8, 4) is 5.40 Å². The molecule has 0 spiro atoms. The number of halogens is 1. The minimum Gasteiger partial charge on any atom is -0.350 e. The molecule has 1 N–H and O–H groups in total. The van der Waals surface area contributed by atoms with Crippen molar-refractivity contribution in [2.45, 2.75) is 11.6 Å². The molecule has 106 valence electrons. The van der Waals surface area contributed by atoms with Gasteiger partial charge in [-0.2, -0.15) is 10.2 Å². The van der Waals surface area contributed by atoms with Crippen molar-refractivity contribution in [2.75, 3.05) is 5.32 Å². The van der Waals surface area contributed by atoms with Crippen LogP contribution in [0.3, 0.4) is 0 Å². The van der Waals surface area contributed by atoms with Gasteiger partial charge in [0.2, 0.25) is 5.95 Å². The number of hydrogen-bond donors (Lipinski definition) is 1. The van der Waals surface area contributed by atoms with Crippen molar-refractivity contribution in [1.82, 2.24) is 9.97 Å². The number of nitrogens with one attached hydrogen (secondary N) is 1. The minimum atomic E-state index is -0.649. The van der Waals surface area contributed by atoms with Gasteiger partial charge in [-0.3, -0.25) is 10.1 Å². The van der Waals surface area contributed by atoms with Crippen LogP contribution in [0.5, 0.6) is 0 Å². The van der Waals surface area contributed by atoms with Gasteiger partial charge in [0.05, 0.1) is 4.92 Å². The number of benzene rings is 1. The molecule has 0 radical (unpaired) electrons. The van der Waals surface area contributed by atoms with Crippen LogP contribution in [0, 0.1) is 26.6 Å². The second-order valence-corrected chi connectivity index (χ2v) is 4.59. The van der Waals surface area contributed by atoms with Crippen molar-refractivity contribution in [3.63, 3.8) is 0 Å². The Bertz CT molecular complexity index is 702. The van der Waals surface area contributed by atoms with Crippen molar-refractivity contribution in [2.24, 2.45) is 0 Å². The molecule has 0 bridgehead atoms. The molecule has 1 aromatic carbocycles. The summed E-state index contributed by atoms with van der Waals surface area (Å²) in [7, 11) is 0. The standard InChI is InChI=1S/C12H8FN5O2S/c13-9-3-1-8(2-4-9)5-15-12-16-6-10(18(19)20)11(17-12)21-7-14/h1-4,6H,5H2,(H,15,16,17). The Labute approximate surface area is 123 Å². The number of anilines is 1. The average Bonchev–Trinajstić information content (AvgIpc) is 2.47. The Balaban J connectivity index is 2.13. The summed E-state index contributed by atoms with van der Waals surface area (Å²) < 4.78 is 12.8. The number of nitrogens with zero attached hydrogens (tertiary/aromatic N) is 4. The molecule has 2 rings (SSSR count). The van der Waals surface area contributed by atoms with Gasteiger partial charge in [0.25, 0.3) is 0 Å². The summed E-state index contributed by atoms with van der Waals surface area (Å²) in [6, 6.07) is 5.84. The fraction of sp³-hybridized carbons (Fsp3) is 0.0833. The SMILES string of the molecule is N#CSc1nc(NCc2ccc(F)cc2)ncc1[N+](=O)[O-]. The fourth-order valence-electron chi connectivity index (χ4n) is 1.47. The van der Waals surface area contributed by atoms with Crippen LogP contribution in [0.25, 0.3) is 0 Å². The number of aromatic nitrogens is 2.